The first-order valence-corrected chi connectivity index (χ1v) is 29.4. The smallest absolute Gasteiger partial charge is 0.220 e. The Balaban J connectivity index is 1.56. The van der Waals surface area contributed by atoms with Gasteiger partial charge in [0.1, 0.15) is 73.2 Å². The Bertz CT molecular complexity index is 1520. The molecular weight excluding hydrogens is 989 g/mol. The molecule has 3 rings (SSSR count). The van der Waals surface area contributed by atoms with Crippen LogP contribution in [-0.4, -0.2) is 194 Å². The lowest BCUT2D eigenvalue weighted by Gasteiger charge is -2.48. The third-order valence-electron chi connectivity index (χ3n) is 15.0. The first kappa shape index (κ1) is 68.3. The summed E-state index contributed by atoms with van der Waals surface area (Å²) in [5.74, 6) is -0.924. The van der Waals surface area contributed by atoms with E-state index in [1.165, 1.54) is 122 Å². The monoisotopic (exact) mass is 1090 g/mol. The zero-order valence-electron chi connectivity index (χ0n) is 46.3. The minimum absolute atomic E-state index is 0.244. The molecule has 446 valence electrons. The third kappa shape index (κ3) is 24.8. The second kappa shape index (κ2) is 40.3. The van der Waals surface area contributed by atoms with Gasteiger partial charge in [-0.2, -0.15) is 0 Å². The van der Waals surface area contributed by atoms with E-state index < -0.39 is 130 Å². The number of hydrogen-bond donors (Lipinski definition) is 12. The molecule has 20 heteroatoms. The molecule has 2 amide bonds. The number of nitrogens with one attached hydrogen (secondary N) is 2. The molecule has 3 aliphatic rings. The number of aliphatic hydroxyl groups is 10. The van der Waals surface area contributed by atoms with Crippen molar-refractivity contribution in [2.24, 2.45) is 0 Å². The van der Waals surface area contributed by atoms with E-state index in [4.69, 9.17) is 28.4 Å². The van der Waals surface area contributed by atoms with Crippen LogP contribution in [0.3, 0.4) is 0 Å². The number of carbonyl (C=O) groups is 2. The fourth-order valence-corrected chi connectivity index (χ4v) is 10.2. The van der Waals surface area contributed by atoms with Crippen molar-refractivity contribution < 1.29 is 89.1 Å². The predicted octanol–water partition coefficient (Wildman–Crippen LogP) is 3.96. The fourth-order valence-electron chi connectivity index (χ4n) is 10.2. The number of ether oxygens (including phenoxy) is 6. The number of allylic oxidation sites excluding steroid dienone is 1. The maximum atomic E-state index is 13.3. The number of hydrogen-bond acceptors (Lipinski definition) is 18. The summed E-state index contributed by atoms with van der Waals surface area (Å²) in [5.41, 5.74) is 0. The number of carbonyl (C=O) groups excluding carboxylic acids is 2. The topological polar surface area (TPSA) is 316 Å². The normalized spacial score (nSPS) is 30.9. The lowest BCUT2D eigenvalue weighted by atomic mass is 9.95. The summed E-state index contributed by atoms with van der Waals surface area (Å²) in [5, 5.41) is 113. The van der Waals surface area contributed by atoms with Crippen LogP contribution in [0.4, 0.5) is 0 Å². The molecule has 17 atom stereocenters. The van der Waals surface area contributed by atoms with Crippen LogP contribution in [0.2, 0.25) is 0 Å². The van der Waals surface area contributed by atoms with E-state index in [2.05, 4.69) is 24.5 Å². The van der Waals surface area contributed by atoms with Gasteiger partial charge in [-0.15, -0.1) is 0 Å². The molecule has 12 N–H and O–H groups in total. The van der Waals surface area contributed by atoms with Gasteiger partial charge in [0.25, 0.3) is 0 Å². The van der Waals surface area contributed by atoms with Crippen LogP contribution in [0.15, 0.2) is 12.2 Å². The van der Waals surface area contributed by atoms with Crippen LogP contribution in [0.25, 0.3) is 0 Å². The molecule has 0 spiro atoms. The van der Waals surface area contributed by atoms with E-state index in [0.717, 1.165) is 51.9 Å². The Morgan fingerprint density at radius 2 is 0.921 bits per heavy atom. The molecule has 3 fully saturated rings. The Hall–Kier alpha value is -1.96. The van der Waals surface area contributed by atoms with Crippen molar-refractivity contribution in [3.8, 4) is 0 Å². The van der Waals surface area contributed by atoms with Crippen LogP contribution in [-0.2, 0) is 38.0 Å². The van der Waals surface area contributed by atoms with E-state index in [-0.39, 0.29) is 18.9 Å². The predicted molar refractivity (Wildman–Crippen MR) is 284 cm³/mol. The molecule has 0 radical (unpaired) electrons. The fraction of sp³-hybridized carbons (Fsp3) is 0.929. The Kier molecular flexibility index (Phi) is 36.2. The standard InChI is InChI=1S/C56H104N2O18/c1-4-6-8-10-12-14-16-18-19-21-23-25-27-29-31-33-44(64)58-39(40(63)32-30-28-26-24-22-20-17-15-13-11-9-7-5-2)37-71-55-50(69)48(67)53(42(35-60)73-55)76-56-51(70)49(68)52(43(36-61)74-56)75-54-45(57-38(3)62)47(66)46(65)41(34-59)72-54/h30,32,39-43,45-56,59-61,63,65-70H,4-29,31,33-37H2,1-3H3,(H,57,62)(H,58,64)/b32-30-/t39?,40?,41-,42-,43-,45-,46+,47-,48-,49-,50-,51-,52+,53-,54+,55?,56+/m1/s1. The Morgan fingerprint density at radius 3 is 1.38 bits per heavy atom. The van der Waals surface area contributed by atoms with E-state index >= 15 is 0 Å². The van der Waals surface area contributed by atoms with E-state index in [0.29, 0.717) is 6.42 Å². The Labute approximate surface area is 453 Å². The summed E-state index contributed by atoms with van der Waals surface area (Å²) in [6, 6.07) is -2.40. The zero-order valence-corrected chi connectivity index (χ0v) is 46.3. The van der Waals surface area contributed by atoms with Gasteiger partial charge in [-0.3, -0.25) is 9.59 Å². The van der Waals surface area contributed by atoms with Gasteiger partial charge < -0.3 is 90.1 Å². The van der Waals surface area contributed by atoms with Crippen molar-refractivity contribution >= 4 is 11.8 Å². The van der Waals surface area contributed by atoms with Gasteiger partial charge in [-0.25, -0.2) is 0 Å². The molecule has 3 saturated heterocycles. The van der Waals surface area contributed by atoms with Crippen LogP contribution in [0, 0.1) is 0 Å². The molecule has 0 aromatic carbocycles. The highest BCUT2D eigenvalue weighted by Gasteiger charge is 2.54. The first-order valence-electron chi connectivity index (χ1n) is 29.4. The van der Waals surface area contributed by atoms with Crippen molar-refractivity contribution in [2.45, 2.75) is 305 Å². The van der Waals surface area contributed by atoms with Gasteiger partial charge in [0.15, 0.2) is 18.9 Å². The minimum Gasteiger partial charge on any atom is -0.394 e. The molecule has 0 aliphatic carbocycles. The summed E-state index contributed by atoms with van der Waals surface area (Å²) in [6.45, 7) is 2.82. The van der Waals surface area contributed by atoms with Crippen molar-refractivity contribution in [2.75, 3.05) is 26.4 Å². The van der Waals surface area contributed by atoms with Gasteiger partial charge in [-0.05, 0) is 19.3 Å². The summed E-state index contributed by atoms with van der Waals surface area (Å²) in [6.07, 6.45) is 11.1. The number of aliphatic hydroxyl groups excluding tert-OH is 10. The van der Waals surface area contributed by atoms with E-state index in [1.54, 1.807) is 6.08 Å². The first-order chi connectivity index (χ1) is 36.7. The van der Waals surface area contributed by atoms with Crippen LogP contribution < -0.4 is 10.6 Å². The van der Waals surface area contributed by atoms with Crippen molar-refractivity contribution in [3.63, 3.8) is 0 Å². The number of unbranched alkanes of at least 4 members (excludes halogenated alkanes) is 25. The highest BCUT2D eigenvalue weighted by atomic mass is 16.8. The molecule has 0 aromatic heterocycles. The van der Waals surface area contributed by atoms with E-state index in [1.807, 2.05) is 6.08 Å². The molecule has 0 aromatic rings. The summed E-state index contributed by atoms with van der Waals surface area (Å²) in [4.78, 5) is 25.3. The largest absolute Gasteiger partial charge is 0.394 e. The molecule has 0 saturated carbocycles. The summed E-state index contributed by atoms with van der Waals surface area (Å²) in [7, 11) is 0. The maximum Gasteiger partial charge on any atom is 0.220 e. The van der Waals surface area contributed by atoms with Gasteiger partial charge >= 0.3 is 0 Å². The molecule has 76 heavy (non-hydrogen) atoms. The van der Waals surface area contributed by atoms with Crippen LogP contribution >= 0.6 is 0 Å². The van der Waals surface area contributed by atoms with Crippen molar-refractivity contribution in [1.82, 2.24) is 10.6 Å². The lowest BCUT2D eigenvalue weighted by Crippen LogP contribution is -2.68. The SMILES string of the molecule is CCCCCCCCCCCCC/C=C\C(O)C(COC1O[C@H](CO)[C@@H](O[C@@H]2O[C@H](CO)[C@H](O[C@@H]3O[C@H](CO)[C@H](O)[C@H](O)[C@H]3NC(C)=O)[C@H](O)[C@H]2O)[C@H](O)[C@H]1O)NC(=O)CCCCCCCCCCCCCCCCC. The lowest BCUT2D eigenvalue weighted by molar-refractivity contribution is -0.374. The maximum absolute atomic E-state index is 13.3. The second-order valence-electron chi connectivity index (χ2n) is 21.5. The number of amides is 2. The molecule has 3 aliphatic heterocycles. The average Bonchev–Trinajstić information content (AvgIpc) is 3.41. The highest BCUT2D eigenvalue weighted by Crippen LogP contribution is 2.33. The van der Waals surface area contributed by atoms with Gasteiger partial charge in [0.2, 0.25) is 11.8 Å². The Morgan fingerprint density at radius 1 is 0.513 bits per heavy atom. The molecule has 0 bridgehead atoms. The second-order valence-corrected chi connectivity index (χ2v) is 21.5. The quantitative estimate of drug-likeness (QED) is 0.0304. The third-order valence-corrected chi connectivity index (χ3v) is 15.0. The van der Waals surface area contributed by atoms with Crippen LogP contribution in [0.5, 0.6) is 0 Å². The molecular formula is C56H104N2O18. The molecule has 3 unspecified atom stereocenters. The van der Waals surface area contributed by atoms with Gasteiger partial charge in [-0.1, -0.05) is 180 Å². The van der Waals surface area contributed by atoms with Crippen LogP contribution in [0.1, 0.15) is 201 Å². The van der Waals surface area contributed by atoms with Gasteiger partial charge in [0.05, 0.1) is 38.6 Å². The minimum atomic E-state index is -1.99. The van der Waals surface area contributed by atoms with E-state index in [9.17, 15) is 60.7 Å². The zero-order chi connectivity index (χ0) is 55.7. The number of rotatable bonds is 42. The summed E-state index contributed by atoms with van der Waals surface area (Å²) < 4.78 is 34.8. The highest BCUT2D eigenvalue weighted by molar-refractivity contribution is 5.76. The van der Waals surface area contributed by atoms with Crippen molar-refractivity contribution in [3.05, 3.63) is 12.2 Å². The molecule has 20 nitrogen and oxygen atoms in total. The average molecular weight is 1090 g/mol. The summed E-state index contributed by atoms with van der Waals surface area (Å²) >= 11 is 0. The molecule has 3 heterocycles. The van der Waals surface area contributed by atoms with Crippen molar-refractivity contribution in [1.29, 1.82) is 0 Å². The van der Waals surface area contributed by atoms with Gasteiger partial charge in [0, 0.05) is 13.3 Å².